The maximum Gasteiger partial charge on any atom is 0.242 e. The molecule has 0 aliphatic heterocycles. The predicted octanol–water partition coefficient (Wildman–Crippen LogP) is -0.126. The highest BCUT2D eigenvalue weighted by atomic mass is 32.2. The second-order valence-electron chi connectivity index (χ2n) is 5.19. The molecular weight excluding hydrogens is 292 g/mol. The van der Waals surface area contributed by atoms with Gasteiger partial charge < -0.3 is 9.88 Å². The molecular formula is C12H18N6O2S. The molecule has 1 fully saturated rings. The van der Waals surface area contributed by atoms with Gasteiger partial charge in [0.25, 0.3) is 0 Å². The lowest BCUT2D eigenvalue weighted by Crippen LogP contribution is -2.23. The van der Waals surface area contributed by atoms with Crippen molar-refractivity contribution in [2.24, 2.45) is 7.05 Å². The van der Waals surface area contributed by atoms with Crippen LogP contribution in [0.2, 0.25) is 0 Å². The molecule has 3 N–H and O–H groups in total. The minimum Gasteiger partial charge on any atom is -0.352 e. The molecule has 0 amide bonds. The van der Waals surface area contributed by atoms with Crippen LogP contribution >= 0.6 is 0 Å². The topological polar surface area (TPSA) is 105 Å². The molecule has 2 aromatic heterocycles. The number of sulfonamides is 1. The molecule has 1 saturated carbocycles. The van der Waals surface area contributed by atoms with E-state index in [9.17, 15) is 8.42 Å². The Morgan fingerprint density at radius 2 is 2.24 bits per heavy atom. The summed E-state index contributed by atoms with van der Waals surface area (Å²) in [4.78, 5) is 4.14. The van der Waals surface area contributed by atoms with Crippen LogP contribution in [0, 0.1) is 0 Å². The fourth-order valence-electron chi connectivity index (χ4n) is 2.00. The van der Waals surface area contributed by atoms with Crippen molar-refractivity contribution in [1.29, 1.82) is 0 Å². The smallest absolute Gasteiger partial charge is 0.242 e. The van der Waals surface area contributed by atoms with E-state index < -0.39 is 10.0 Å². The number of nitrogens with zero attached hydrogens (tertiary/aromatic N) is 3. The molecule has 0 aromatic carbocycles. The third-order valence-corrected chi connectivity index (χ3v) is 4.81. The highest BCUT2D eigenvalue weighted by Gasteiger charge is 2.22. The maximum absolute atomic E-state index is 12.2. The van der Waals surface area contributed by atoms with E-state index in [0.717, 1.165) is 5.69 Å². The zero-order chi connectivity index (χ0) is 14.9. The molecule has 1 aliphatic rings. The zero-order valence-electron chi connectivity index (χ0n) is 11.7. The van der Waals surface area contributed by atoms with Gasteiger partial charge >= 0.3 is 0 Å². The van der Waals surface area contributed by atoms with Gasteiger partial charge in [0.1, 0.15) is 12.2 Å². The van der Waals surface area contributed by atoms with Crippen molar-refractivity contribution in [2.45, 2.75) is 36.9 Å². The van der Waals surface area contributed by atoms with Gasteiger partial charge in [-0.25, -0.2) is 18.1 Å². The summed E-state index contributed by atoms with van der Waals surface area (Å²) < 4.78 is 28.8. The highest BCUT2D eigenvalue weighted by molar-refractivity contribution is 7.89. The van der Waals surface area contributed by atoms with Crippen molar-refractivity contribution < 1.29 is 8.42 Å². The first-order valence-electron chi connectivity index (χ1n) is 6.77. The normalized spacial score (nSPS) is 15.5. The van der Waals surface area contributed by atoms with Crippen LogP contribution < -0.4 is 10.0 Å². The highest BCUT2D eigenvalue weighted by Crippen LogP contribution is 2.20. The van der Waals surface area contributed by atoms with E-state index in [1.807, 2.05) is 11.6 Å². The number of aryl methyl sites for hydroxylation is 1. The Morgan fingerprint density at radius 3 is 2.90 bits per heavy atom. The van der Waals surface area contributed by atoms with Crippen LogP contribution in [0.25, 0.3) is 0 Å². The lowest BCUT2D eigenvalue weighted by atomic mass is 10.4. The van der Waals surface area contributed by atoms with Crippen LogP contribution in [-0.2, 0) is 30.2 Å². The Balaban J connectivity index is 1.67. The van der Waals surface area contributed by atoms with Crippen molar-refractivity contribution in [3.8, 4) is 0 Å². The lowest BCUT2D eigenvalue weighted by Gasteiger charge is -2.03. The van der Waals surface area contributed by atoms with E-state index >= 15 is 0 Å². The molecule has 0 atom stereocenters. The van der Waals surface area contributed by atoms with Crippen LogP contribution in [0.4, 0.5) is 0 Å². The summed E-state index contributed by atoms with van der Waals surface area (Å²) in [7, 11) is -1.70. The maximum atomic E-state index is 12.2. The van der Waals surface area contributed by atoms with Crippen molar-refractivity contribution in [3.63, 3.8) is 0 Å². The van der Waals surface area contributed by atoms with Crippen LogP contribution in [0.1, 0.15) is 24.4 Å². The molecule has 0 spiro atoms. The first-order valence-corrected chi connectivity index (χ1v) is 8.25. The summed E-state index contributed by atoms with van der Waals surface area (Å²) in [5, 5.41) is 9.66. The number of nitrogens with one attached hydrogen (secondary N) is 3. The van der Waals surface area contributed by atoms with Crippen LogP contribution in [0.5, 0.6) is 0 Å². The van der Waals surface area contributed by atoms with Gasteiger partial charge in [0.05, 0.1) is 11.4 Å². The Labute approximate surface area is 123 Å². The minimum absolute atomic E-state index is 0.0902. The Hall–Kier alpha value is -1.71. The Morgan fingerprint density at radius 1 is 1.43 bits per heavy atom. The molecule has 1 aliphatic carbocycles. The van der Waals surface area contributed by atoms with E-state index in [1.54, 1.807) is 12.3 Å². The third-order valence-electron chi connectivity index (χ3n) is 3.44. The average Bonchev–Trinajstić information content (AvgIpc) is 2.98. The number of aromatic amines is 1. The number of aromatic nitrogens is 4. The second kappa shape index (κ2) is 5.58. The van der Waals surface area contributed by atoms with Crippen LogP contribution in [0.3, 0.4) is 0 Å². The minimum atomic E-state index is -3.55. The molecule has 0 unspecified atom stereocenters. The van der Waals surface area contributed by atoms with E-state index in [0.29, 0.717) is 18.4 Å². The van der Waals surface area contributed by atoms with Gasteiger partial charge in [-0.05, 0) is 18.9 Å². The fourth-order valence-corrected chi connectivity index (χ4v) is 3.08. The average molecular weight is 310 g/mol. The van der Waals surface area contributed by atoms with Gasteiger partial charge in [-0.15, -0.1) is 0 Å². The van der Waals surface area contributed by atoms with Crippen molar-refractivity contribution >= 4 is 10.0 Å². The summed E-state index contributed by atoms with van der Waals surface area (Å²) in [5.74, 6) is 0.477. The van der Waals surface area contributed by atoms with Gasteiger partial charge in [0, 0.05) is 31.5 Å². The van der Waals surface area contributed by atoms with E-state index in [2.05, 4.69) is 25.2 Å². The monoisotopic (exact) mass is 310 g/mol. The first kappa shape index (κ1) is 14.2. The summed E-state index contributed by atoms with van der Waals surface area (Å²) in [6.45, 7) is 0.770. The van der Waals surface area contributed by atoms with Crippen molar-refractivity contribution in [1.82, 2.24) is 29.8 Å². The van der Waals surface area contributed by atoms with Gasteiger partial charge in [0.2, 0.25) is 10.0 Å². The second-order valence-corrected chi connectivity index (χ2v) is 6.96. The molecule has 0 saturated heterocycles. The van der Waals surface area contributed by atoms with Crippen molar-refractivity contribution in [3.05, 3.63) is 30.1 Å². The molecule has 3 rings (SSSR count). The molecule has 2 heterocycles. The molecule has 114 valence electrons. The third kappa shape index (κ3) is 3.49. The van der Waals surface area contributed by atoms with Crippen molar-refractivity contribution in [2.75, 3.05) is 0 Å². The van der Waals surface area contributed by atoms with Gasteiger partial charge in [-0.2, -0.15) is 5.10 Å². The number of H-pyrrole nitrogens is 1. The molecule has 2 aromatic rings. The van der Waals surface area contributed by atoms with Gasteiger partial charge in [0.15, 0.2) is 0 Å². The predicted molar refractivity (Wildman–Crippen MR) is 75.7 cm³/mol. The summed E-state index contributed by atoms with van der Waals surface area (Å²) in [5.41, 5.74) is 0.946. The fraction of sp³-hybridized carbons (Fsp3) is 0.500. The van der Waals surface area contributed by atoms with Gasteiger partial charge in [-0.1, -0.05) is 0 Å². The summed E-state index contributed by atoms with van der Waals surface area (Å²) in [6, 6.07) is 2.28. The molecule has 0 radical (unpaired) electrons. The Bertz CT molecular complexity index is 702. The molecule has 8 nitrogen and oxygen atoms in total. The number of hydrogen-bond donors (Lipinski definition) is 3. The van der Waals surface area contributed by atoms with Gasteiger partial charge in [-0.3, -0.25) is 5.10 Å². The quantitative estimate of drug-likeness (QED) is 0.661. The standard InChI is InChI=1S/C12H18N6O2S/c1-18-7-11(4-10(18)5-13-9-2-3-9)21(19,20)16-6-12-14-8-15-17-12/h4,7-9,13,16H,2-3,5-6H2,1H3,(H,14,15,17). The SMILES string of the molecule is Cn1cc(S(=O)(=O)NCc2ncn[nH]2)cc1CNC1CC1. The largest absolute Gasteiger partial charge is 0.352 e. The van der Waals surface area contributed by atoms with E-state index in [4.69, 9.17) is 0 Å². The van der Waals surface area contributed by atoms with Crippen LogP contribution in [-0.4, -0.2) is 34.2 Å². The lowest BCUT2D eigenvalue weighted by molar-refractivity contribution is 0.579. The summed E-state index contributed by atoms with van der Waals surface area (Å²) in [6.07, 6.45) is 5.36. The molecule has 21 heavy (non-hydrogen) atoms. The summed E-state index contributed by atoms with van der Waals surface area (Å²) >= 11 is 0. The molecule has 9 heteroatoms. The first-order chi connectivity index (χ1) is 10.0. The van der Waals surface area contributed by atoms with E-state index in [1.165, 1.54) is 19.2 Å². The van der Waals surface area contributed by atoms with Crippen LogP contribution in [0.15, 0.2) is 23.5 Å². The van der Waals surface area contributed by atoms with E-state index in [-0.39, 0.29) is 11.4 Å². The zero-order valence-corrected chi connectivity index (χ0v) is 12.5. The number of hydrogen-bond acceptors (Lipinski definition) is 5. The Kier molecular flexibility index (Phi) is 3.79. The number of rotatable bonds is 7. The molecule has 0 bridgehead atoms.